The average Bonchev–Trinajstić information content (AvgIpc) is 2.54. The molecular weight excluding hydrogens is 208 g/mol. The maximum Gasteiger partial charge on any atom is 0.233 e. The summed E-state index contributed by atoms with van der Waals surface area (Å²) in [5, 5.41) is 0. The molecule has 0 aliphatic carbocycles. The molecule has 0 aromatic heterocycles. The van der Waals surface area contributed by atoms with Crippen LogP contribution in [0.5, 0.6) is 0 Å². The van der Waals surface area contributed by atoms with E-state index in [9.17, 15) is 9.59 Å². The average molecular weight is 226 g/mol. The van der Waals surface area contributed by atoms with Gasteiger partial charge in [0.2, 0.25) is 11.8 Å². The van der Waals surface area contributed by atoms with Crippen LogP contribution in [0.2, 0.25) is 0 Å². The lowest BCUT2D eigenvalue weighted by molar-refractivity contribution is -0.150. The molecule has 0 spiro atoms. The molecule has 0 aromatic rings. The minimum absolute atomic E-state index is 0.0719. The minimum Gasteiger partial charge on any atom is -0.381 e. The molecule has 0 bridgehead atoms. The number of hydrogen-bond donors (Lipinski definition) is 1. The number of carbonyl (C=O) groups is 2. The van der Waals surface area contributed by atoms with Gasteiger partial charge in [-0.1, -0.05) is 6.92 Å². The van der Waals surface area contributed by atoms with Gasteiger partial charge in [0.15, 0.2) is 0 Å². The molecule has 2 amide bonds. The van der Waals surface area contributed by atoms with Crippen LogP contribution in [0.4, 0.5) is 0 Å². The second kappa shape index (κ2) is 4.14. The number of imide groups is 1. The van der Waals surface area contributed by atoms with E-state index in [4.69, 9.17) is 10.5 Å². The monoisotopic (exact) mass is 226 g/mol. The van der Waals surface area contributed by atoms with E-state index in [0.29, 0.717) is 39.0 Å². The van der Waals surface area contributed by atoms with Crippen LogP contribution < -0.4 is 5.73 Å². The Kier molecular flexibility index (Phi) is 2.99. The van der Waals surface area contributed by atoms with Gasteiger partial charge >= 0.3 is 0 Å². The molecule has 2 rings (SSSR count). The molecule has 90 valence electrons. The normalized spacial score (nSPS) is 29.9. The van der Waals surface area contributed by atoms with Crippen LogP contribution in [-0.4, -0.2) is 42.0 Å². The van der Waals surface area contributed by atoms with Gasteiger partial charge in [-0.2, -0.15) is 0 Å². The quantitative estimate of drug-likeness (QED) is 0.667. The fraction of sp³-hybridized carbons (Fsp3) is 0.818. The molecule has 2 N–H and O–H groups in total. The van der Waals surface area contributed by atoms with Crippen LogP contribution in [0, 0.1) is 5.92 Å². The van der Waals surface area contributed by atoms with Crippen LogP contribution in [0.25, 0.3) is 0 Å². The molecule has 0 aromatic carbocycles. The van der Waals surface area contributed by atoms with Crippen molar-refractivity contribution in [2.24, 2.45) is 11.7 Å². The van der Waals surface area contributed by atoms with Gasteiger partial charge < -0.3 is 10.5 Å². The standard InChI is InChI=1S/C11H18N2O3/c1-8-6-9(14)13(10(8)15)11(7-12)2-4-16-5-3-11/h8H,2-7,12H2,1H3. The van der Waals surface area contributed by atoms with E-state index in [0.717, 1.165) is 0 Å². The lowest BCUT2D eigenvalue weighted by Crippen LogP contribution is -2.59. The van der Waals surface area contributed by atoms with E-state index in [1.165, 1.54) is 4.90 Å². The Morgan fingerprint density at radius 3 is 2.50 bits per heavy atom. The van der Waals surface area contributed by atoms with Crippen LogP contribution in [0.1, 0.15) is 26.2 Å². The Morgan fingerprint density at radius 2 is 2.06 bits per heavy atom. The number of amides is 2. The molecule has 2 fully saturated rings. The maximum atomic E-state index is 12.0. The first kappa shape index (κ1) is 11.5. The van der Waals surface area contributed by atoms with Gasteiger partial charge in [0, 0.05) is 32.1 Å². The number of hydrogen-bond acceptors (Lipinski definition) is 4. The van der Waals surface area contributed by atoms with E-state index in [2.05, 4.69) is 0 Å². The predicted molar refractivity (Wildman–Crippen MR) is 57.5 cm³/mol. The van der Waals surface area contributed by atoms with E-state index < -0.39 is 5.54 Å². The third-order valence-electron chi connectivity index (χ3n) is 3.65. The molecule has 5 nitrogen and oxygen atoms in total. The van der Waals surface area contributed by atoms with Crippen molar-refractivity contribution in [3.05, 3.63) is 0 Å². The molecule has 0 saturated carbocycles. The molecule has 2 saturated heterocycles. The summed E-state index contributed by atoms with van der Waals surface area (Å²) in [7, 11) is 0. The zero-order valence-electron chi connectivity index (χ0n) is 9.57. The van der Waals surface area contributed by atoms with Crippen molar-refractivity contribution in [1.82, 2.24) is 4.90 Å². The highest BCUT2D eigenvalue weighted by Gasteiger charge is 2.48. The van der Waals surface area contributed by atoms with Gasteiger partial charge in [-0.3, -0.25) is 14.5 Å². The number of nitrogens with zero attached hydrogens (tertiary/aromatic N) is 1. The number of nitrogens with two attached hydrogens (primary N) is 1. The highest BCUT2D eigenvalue weighted by Crippen LogP contribution is 2.33. The third-order valence-corrected chi connectivity index (χ3v) is 3.65. The maximum absolute atomic E-state index is 12.0. The van der Waals surface area contributed by atoms with Crippen molar-refractivity contribution in [2.45, 2.75) is 31.7 Å². The van der Waals surface area contributed by atoms with Gasteiger partial charge in [-0.25, -0.2) is 0 Å². The number of carbonyl (C=O) groups excluding carboxylic acids is 2. The molecule has 2 aliphatic rings. The predicted octanol–water partition coefficient (Wildman–Crippen LogP) is -0.111. The fourth-order valence-corrected chi connectivity index (χ4v) is 2.55. The molecule has 5 heteroatoms. The van der Waals surface area contributed by atoms with Gasteiger partial charge in [0.05, 0.1) is 5.54 Å². The summed E-state index contributed by atoms with van der Waals surface area (Å²) in [5.74, 6) is -0.346. The summed E-state index contributed by atoms with van der Waals surface area (Å²) >= 11 is 0. The molecule has 2 heterocycles. The second-order valence-corrected chi connectivity index (χ2v) is 4.71. The number of rotatable bonds is 2. The highest BCUT2D eigenvalue weighted by atomic mass is 16.5. The Labute approximate surface area is 94.9 Å². The van der Waals surface area contributed by atoms with Crippen LogP contribution >= 0.6 is 0 Å². The van der Waals surface area contributed by atoms with E-state index in [1.807, 2.05) is 0 Å². The first-order valence-electron chi connectivity index (χ1n) is 5.75. The zero-order chi connectivity index (χ0) is 11.8. The number of ether oxygens (including phenoxy) is 1. The van der Waals surface area contributed by atoms with Gasteiger partial charge in [-0.05, 0) is 12.8 Å². The first-order valence-corrected chi connectivity index (χ1v) is 5.75. The highest BCUT2D eigenvalue weighted by molar-refractivity contribution is 6.04. The van der Waals surface area contributed by atoms with Crippen molar-refractivity contribution in [3.63, 3.8) is 0 Å². The van der Waals surface area contributed by atoms with Gasteiger partial charge in [0.25, 0.3) is 0 Å². The molecule has 16 heavy (non-hydrogen) atoms. The van der Waals surface area contributed by atoms with E-state index >= 15 is 0 Å². The Hall–Kier alpha value is -0.940. The van der Waals surface area contributed by atoms with Gasteiger partial charge in [-0.15, -0.1) is 0 Å². The number of likely N-dealkylation sites (tertiary alicyclic amines) is 1. The summed E-state index contributed by atoms with van der Waals surface area (Å²) in [5.41, 5.74) is 5.30. The molecule has 1 atom stereocenters. The largest absolute Gasteiger partial charge is 0.381 e. The second-order valence-electron chi connectivity index (χ2n) is 4.71. The first-order chi connectivity index (χ1) is 7.60. The Morgan fingerprint density at radius 1 is 1.44 bits per heavy atom. The summed E-state index contributed by atoms with van der Waals surface area (Å²) < 4.78 is 5.28. The van der Waals surface area contributed by atoms with Crippen molar-refractivity contribution in [2.75, 3.05) is 19.8 Å². The van der Waals surface area contributed by atoms with Gasteiger partial charge in [0.1, 0.15) is 0 Å². The van der Waals surface area contributed by atoms with Crippen LogP contribution in [0.15, 0.2) is 0 Å². The molecule has 2 aliphatic heterocycles. The fourth-order valence-electron chi connectivity index (χ4n) is 2.55. The summed E-state index contributed by atoms with van der Waals surface area (Å²) in [6, 6.07) is 0. The summed E-state index contributed by atoms with van der Waals surface area (Å²) in [4.78, 5) is 25.3. The minimum atomic E-state index is -0.489. The lowest BCUT2D eigenvalue weighted by Gasteiger charge is -2.42. The third kappa shape index (κ3) is 1.64. The summed E-state index contributed by atoms with van der Waals surface area (Å²) in [6.45, 7) is 3.27. The van der Waals surface area contributed by atoms with Crippen LogP contribution in [0.3, 0.4) is 0 Å². The van der Waals surface area contributed by atoms with E-state index in [-0.39, 0.29) is 17.7 Å². The Balaban J connectivity index is 2.26. The Bertz CT molecular complexity index is 310. The van der Waals surface area contributed by atoms with Crippen molar-refractivity contribution >= 4 is 11.8 Å². The van der Waals surface area contributed by atoms with Crippen molar-refractivity contribution < 1.29 is 14.3 Å². The smallest absolute Gasteiger partial charge is 0.233 e. The SMILES string of the molecule is CC1CC(=O)N(C2(CN)CCOCC2)C1=O. The van der Waals surface area contributed by atoms with Crippen molar-refractivity contribution in [1.29, 1.82) is 0 Å². The molecule has 0 radical (unpaired) electrons. The zero-order valence-corrected chi connectivity index (χ0v) is 9.57. The molecular formula is C11H18N2O3. The summed E-state index contributed by atoms with van der Waals surface area (Å²) in [6.07, 6.45) is 1.64. The van der Waals surface area contributed by atoms with E-state index in [1.54, 1.807) is 6.92 Å². The molecule has 1 unspecified atom stereocenters. The van der Waals surface area contributed by atoms with Crippen LogP contribution in [-0.2, 0) is 14.3 Å². The van der Waals surface area contributed by atoms with Crippen molar-refractivity contribution in [3.8, 4) is 0 Å². The lowest BCUT2D eigenvalue weighted by atomic mass is 9.88. The topological polar surface area (TPSA) is 72.6 Å².